The van der Waals surface area contributed by atoms with Crippen LogP contribution in [-0.4, -0.2) is 23.3 Å². The molecule has 5 heteroatoms. The van der Waals surface area contributed by atoms with Crippen LogP contribution in [-0.2, 0) is 6.54 Å². The van der Waals surface area contributed by atoms with Crippen molar-refractivity contribution in [2.45, 2.75) is 20.4 Å². The first-order valence-corrected chi connectivity index (χ1v) is 9.25. The normalized spacial score (nSPS) is 10.4. The summed E-state index contributed by atoms with van der Waals surface area (Å²) in [5.41, 5.74) is 3.56. The number of benzene rings is 2. The lowest BCUT2D eigenvalue weighted by molar-refractivity contribution is 0.0951. The average molecular weight is 373 g/mol. The third-order valence-corrected chi connectivity index (χ3v) is 4.41. The van der Waals surface area contributed by atoms with Gasteiger partial charge in [-0.25, -0.2) is 0 Å². The summed E-state index contributed by atoms with van der Waals surface area (Å²) in [6.45, 7) is 4.83. The van der Waals surface area contributed by atoms with Crippen LogP contribution in [0.5, 0.6) is 0 Å². The van der Waals surface area contributed by atoms with Gasteiger partial charge in [-0.2, -0.15) is 0 Å². The van der Waals surface area contributed by atoms with E-state index in [2.05, 4.69) is 10.3 Å². The number of pyridine rings is 1. The van der Waals surface area contributed by atoms with E-state index in [-0.39, 0.29) is 17.5 Å². The summed E-state index contributed by atoms with van der Waals surface area (Å²) in [6, 6.07) is 20.6. The van der Waals surface area contributed by atoms with Crippen molar-refractivity contribution in [3.63, 3.8) is 0 Å². The highest BCUT2D eigenvalue weighted by Crippen LogP contribution is 2.18. The Morgan fingerprint density at radius 2 is 1.79 bits per heavy atom. The van der Waals surface area contributed by atoms with E-state index in [0.717, 1.165) is 16.8 Å². The van der Waals surface area contributed by atoms with Gasteiger partial charge in [0.2, 0.25) is 0 Å². The molecule has 0 aliphatic heterocycles. The van der Waals surface area contributed by atoms with E-state index in [0.29, 0.717) is 18.7 Å². The maximum Gasteiger partial charge on any atom is 0.276 e. The zero-order valence-corrected chi connectivity index (χ0v) is 16.1. The molecule has 3 rings (SSSR count). The van der Waals surface area contributed by atoms with E-state index in [9.17, 15) is 9.59 Å². The Hall–Kier alpha value is -3.47. The van der Waals surface area contributed by atoms with Gasteiger partial charge >= 0.3 is 0 Å². The largest absolute Gasteiger partial charge is 0.348 e. The predicted molar refractivity (Wildman–Crippen MR) is 110 cm³/mol. The first kappa shape index (κ1) is 19.3. The second kappa shape index (κ2) is 8.95. The van der Waals surface area contributed by atoms with E-state index in [1.54, 1.807) is 17.0 Å². The second-order valence-corrected chi connectivity index (χ2v) is 6.49. The van der Waals surface area contributed by atoms with E-state index in [1.807, 2.05) is 68.4 Å². The average Bonchev–Trinajstić information content (AvgIpc) is 2.73. The van der Waals surface area contributed by atoms with Crippen molar-refractivity contribution in [3.05, 3.63) is 95.3 Å². The first-order valence-electron chi connectivity index (χ1n) is 9.25. The van der Waals surface area contributed by atoms with Crippen molar-refractivity contribution in [2.24, 2.45) is 0 Å². The molecule has 0 fully saturated rings. The van der Waals surface area contributed by atoms with Crippen molar-refractivity contribution in [1.29, 1.82) is 0 Å². The van der Waals surface area contributed by atoms with Crippen molar-refractivity contribution in [3.8, 4) is 0 Å². The Balaban J connectivity index is 1.76. The molecule has 0 spiro atoms. The highest BCUT2D eigenvalue weighted by atomic mass is 16.2. The second-order valence-electron chi connectivity index (χ2n) is 6.49. The third kappa shape index (κ3) is 4.62. The molecular weight excluding hydrogens is 350 g/mol. The minimum absolute atomic E-state index is 0.231. The van der Waals surface area contributed by atoms with Crippen molar-refractivity contribution in [2.75, 3.05) is 11.4 Å². The van der Waals surface area contributed by atoms with Crippen LogP contribution in [0.15, 0.2) is 72.9 Å². The zero-order chi connectivity index (χ0) is 19.9. The highest BCUT2D eigenvalue weighted by Gasteiger charge is 2.19. The highest BCUT2D eigenvalue weighted by molar-refractivity contribution is 6.06. The molecule has 2 amide bonds. The Morgan fingerprint density at radius 1 is 1.00 bits per heavy atom. The van der Waals surface area contributed by atoms with Crippen LogP contribution in [0.1, 0.15) is 38.9 Å². The number of aromatic nitrogens is 1. The van der Waals surface area contributed by atoms with Crippen LogP contribution in [0, 0.1) is 6.92 Å². The molecule has 0 radical (unpaired) electrons. The summed E-state index contributed by atoms with van der Waals surface area (Å²) in [7, 11) is 0. The molecule has 3 aromatic rings. The number of nitrogens with zero attached hydrogens (tertiary/aromatic N) is 2. The number of carbonyl (C=O) groups excluding carboxylic acids is 2. The molecule has 142 valence electrons. The van der Waals surface area contributed by atoms with Crippen LogP contribution in [0.3, 0.4) is 0 Å². The minimum Gasteiger partial charge on any atom is -0.348 e. The van der Waals surface area contributed by atoms with Gasteiger partial charge in [-0.1, -0.05) is 42.5 Å². The number of rotatable bonds is 6. The number of amides is 2. The standard InChI is InChI=1S/C23H23N3O2/c1-3-26(20-11-7-8-17(2)14-20)23(28)21-15-19(12-13-24-21)22(27)25-16-18-9-5-4-6-10-18/h4-15H,3,16H2,1-2H3,(H,25,27). The Kier molecular flexibility index (Phi) is 6.17. The van der Waals surface area contributed by atoms with Crippen LogP contribution in [0.2, 0.25) is 0 Å². The number of anilines is 1. The molecular formula is C23H23N3O2. The fourth-order valence-corrected chi connectivity index (χ4v) is 2.95. The van der Waals surface area contributed by atoms with E-state index in [1.165, 1.54) is 6.20 Å². The maximum atomic E-state index is 13.0. The van der Waals surface area contributed by atoms with Gasteiger partial charge in [0, 0.05) is 30.5 Å². The van der Waals surface area contributed by atoms with Crippen molar-refractivity contribution >= 4 is 17.5 Å². The number of carbonyl (C=O) groups is 2. The summed E-state index contributed by atoms with van der Waals surface area (Å²) in [5, 5.41) is 2.87. The van der Waals surface area contributed by atoms with Crippen LogP contribution in [0.4, 0.5) is 5.69 Å². The molecule has 0 bridgehead atoms. The smallest absolute Gasteiger partial charge is 0.276 e. The van der Waals surface area contributed by atoms with Gasteiger partial charge in [-0.3, -0.25) is 14.6 Å². The monoisotopic (exact) mass is 373 g/mol. The summed E-state index contributed by atoms with van der Waals surface area (Å²) in [4.78, 5) is 31.3. The van der Waals surface area contributed by atoms with Crippen molar-refractivity contribution in [1.82, 2.24) is 10.3 Å². The molecule has 28 heavy (non-hydrogen) atoms. The molecule has 0 aliphatic rings. The van der Waals surface area contributed by atoms with Gasteiger partial charge in [-0.15, -0.1) is 0 Å². The van der Waals surface area contributed by atoms with E-state index < -0.39 is 0 Å². The van der Waals surface area contributed by atoms with Crippen LogP contribution < -0.4 is 10.2 Å². The number of nitrogens with one attached hydrogen (secondary N) is 1. The molecule has 1 aromatic heterocycles. The lowest BCUT2D eigenvalue weighted by atomic mass is 10.1. The number of hydrogen-bond donors (Lipinski definition) is 1. The summed E-state index contributed by atoms with van der Waals surface area (Å²) >= 11 is 0. The molecule has 0 saturated carbocycles. The van der Waals surface area contributed by atoms with Gasteiger partial charge in [0.05, 0.1) is 0 Å². The molecule has 0 atom stereocenters. The SMILES string of the molecule is CCN(C(=O)c1cc(C(=O)NCc2ccccc2)ccn1)c1cccc(C)c1. The Bertz CT molecular complexity index is 970. The predicted octanol–water partition coefficient (Wildman–Crippen LogP) is 3.99. The minimum atomic E-state index is -0.237. The molecule has 0 aliphatic carbocycles. The lowest BCUT2D eigenvalue weighted by Crippen LogP contribution is -2.32. The Labute approximate surface area is 165 Å². The van der Waals surface area contributed by atoms with Gasteiger partial charge in [0.25, 0.3) is 11.8 Å². The number of hydrogen-bond acceptors (Lipinski definition) is 3. The zero-order valence-electron chi connectivity index (χ0n) is 16.1. The topological polar surface area (TPSA) is 62.3 Å². The van der Waals surface area contributed by atoms with Gasteiger partial charge in [-0.05, 0) is 49.2 Å². The van der Waals surface area contributed by atoms with Crippen molar-refractivity contribution < 1.29 is 9.59 Å². The fraction of sp³-hybridized carbons (Fsp3) is 0.174. The summed E-state index contributed by atoms with van der Waals surface area (Å²) in [6.07, 6.45) is 1.49. The van der Waals surface area contributed by atoms with Gasteiger partial charge in [0.1, 0.15) is 5.69 Å². The lowest BCUT2D eigenvalue weighted by Gasteiger charge is -2.21. The summed E-state index contributed by atoms with van der Waals surface area (Å²) in [5.74, 6) is -0.468. The fourth-order valence-electron chi connectivity index (χ4n) is 2.95. The van der Waals surface area contributed by atoms with E-state index in [4.69, 9.17) is 0 Å². The molecule has 1 heterocycles. The first-order chi connectivity index (χ1) is 13.6. The van der Waals surface area contributed by atoms with E-state index >= 15 is 0 Å². The quantitative estimate of drug-likeness (QED) is 0.711. The molecule has 1 N–H and O–H groups in total. The maximum absolute atomic E-state index is 13.0. The molecule has 0 saturated heterocycles. The molecule has 2 aromatic carbocycles. The third-order valence-electron chi connectivity index (χ3n) is 4.41. The van der Waals surface area contributed by atoms with Gasteiger partial charge in [0.15, 0.2) is 0 Å². The van der Waals surface area contributed by atoms with Crippen LogP contribution in [0.25, 0.3) is 0 Å². The van der Waals surface area contributed by atoms with Gasteiger partial charge < -0.3 is 10.2 Å². The molecule has 5 nitrogen and oxygen atoms in total. The molecule has 0 unspecified atom stereocenters. The number of aryl methyl sites for hydroxylation is 1. The van der Waals surface area contributed by atoms with Crippen LogP contribution >= 0.6 is 0 Å². The Morgan fingerprint density at radius 3 is 2.50 bits per heavy atom. The summed E-state index contributed by atoms with van der Waals surface area (Å²) < 4.78 is 0.